The van der Waals surface area contributed by atoms with Gasteiger partial charge in [0.05, 0.1) is 24.6 Å². The van der Waals surface area contributed by atoms with Crippen LogP contribution < -0.4 is 4.74 Å². The van der Waals surface area contributed by atoms with Crippen LogP contribution >= 0.6 is 11.6 Å². The Balaban J connectivity index is 1.94. The molecule has 0 spiro atoms. The summed E-state index contributed by atoms with van der Waals surface area (Å²) in [5.74, 6) is -0.755. The molecule has 1 fully saturated rings. The second-order valence-electron chi connectivity index (χ2n) is 7.64. The number of aliphatic hydroxyl groups excluding tert-OH is 1. The van der Waals surface area contributed by atoms with Crippen LogP contribution in [0.25, 0.3) is 9.69 Å². The zero-order valence-electron chi connectivity index (χ0n) is 17.4. The van der Waals surface area contributed by atoms with Gasteiger partial charge in [-0.25, -0.2) is 22.5 Å². The van der Waals surface area contributed by atoms with Crippen molar-refractivity contribution in [3.63, 3.8) is 0 Å². The molecular formula is C22H21ClFN3O5S. The van der Waals surface area contributed by atoms with Gasteiger partial charge in [0.15, 0.2) is 0 Å². The lowest BCUT2D eigenvalue weighted by molar-refractivity contribution is -0.0359. The van der Waals surface area contributed by atoms with Gasteiger partial charge in [-0.2, -0.15) is 4.31 Å². The van der Waals surface area contributed by atoms with Gasteiger partial charge in [-0.05, 0) is 43.5 Å². The van der Waals surface area contributed by atoms with Gasteiger partial charge in [0.2, 0.25) is 21.4 Å². The molecule has 1 aliphatic heterocycles. The van der Waals surface area contributed by atoms with Gasteiger partial charge in [0.1, 0.15) is 23.3 Å². The van der Waals surface area contributed by atoms with Gasteiger partial charge < -0.3 is 14.9 Å². The zero-order chi connectivity index (χ0) is 24.2. The van der Waals surface area contributed by atoms with E-state index in [0.717, 1.165) is 10.4 Å². The third-order valence-electron chi connectivity index (χ3n) is 5.41. The highest BCUT2D eigenvalue weighted by atomic mass is 35.5. The van der Waals surface area contributed by atoms with Crippen LogP contribution in [-0.2, 0) is 10.0 Å². The molecule has 1 heterocycles. The molecule has 0 radical (unpaired) electrons. The van der Waals surface area contributed by atoms with E-state index in [1.807, 2.05) is 0 Å². The van der Waals surface area contributed by atoms with E-state index in [0.29, 0.717) is 12.8 Å². The maximum absolute atomic E-state index is 14.0. The van der Waals surface area contributed by atoms with E-state index in [4.69, 9.17) is 34.6 Å². The maximum Gasteiger partial charge on any atom is 0.233 e. The minimum absolute atomic E-state index is 0.0399. The Morgan fingerprint density at radius 3 is 2.55 bits per heavy atom. The molecule has 0 aromatic heterocycles. The molecule has 0 bridgehead atoms. The number of rotatable bonds is 8. The first kappa shape index (κ1) is 24.9. The number of halogens is 2. The van der Waals surface area contributed by atoms with Crippen LogP contribution in [-0.4, -0.2) is 54.3 Å². The van der Waals surface area contributed by atoms with Crippen molar-refractivity contribution >= 4 is 33.0 Å². The molecule has 2 aromatic rings. The summed E-state index contributed by atoms with van der Waals surface area (Å²) in [7, 11) is -4.19. The van der Waals surface area contributed by atoms with Gasteiger partial charge in [0, 0.05) is 24.2 Å². The van der Waals surface area contributed by atoms with Crippen LogP contribution in [0.4, 0.5) is 15.8 Å². The number of hydrogen-bond acceptors (Lipinski definition) is 5. The van der Waals surface area contributed by atoms with Crippen LogP contribution in [0.1, 0.15) is 19.3 Å². The Morgan fingerprint density at radius 1 is 1.18 bits per heavy atom. The number of β-amino-alcohol motifs (C(OH)–C–C–N with tert-alkyl or cyclic N) is 1. The number of hydrogen-bond donors (Lipinski definition) is 2. The van der Waals surface area contributed by atoms with Crippen LogP contribution in [0.5, 0.6) is 5.75 Å². The summed E-state index contributed by atoms with van der Waals surface area (Å²) in [4.78, 5) is 6.06. The molecule has 3 rings (SSSR count). The minimum atomic E-state index is -4.19. The SMILES string of the molecule is [C-]#[N+]c1ccc(O[C@H]2CN(S(=O)(=O)c3ccc(Cl)cc3[N+]#[C-])C[C@]2(O)CCCCO)cc1F. The number of sulfonamides is 1. The predicted molar refractivity (Wildman–Crippen MR) is 119 cm³/mol. The number of ether oxygens (including phenoxy) is 1. The van der Waals surface area contributed by atoms with E-state index in [1.54, 1.807) is 0 Å². The molecule has 2 aromatic carbocycles. The maximum atomic E-state index is 14.0. The van der Waals surface area contributed by atoms with Crippen LogP contribution in [0, 0.1) is 19.0 Å². The van der Waals surface area contributed by atoms with Crippen molar-refractivity contribution in [2.75, 3.05) is 19.7 Å². The van der Waals surface area contributed by atoms with Crippen molar-refractivity contribution in [1.82, 2.24) is 4.31 Å². The highest BCUT2D eigenvalue weighted by Gasteiger charge is 2.50. The van der Waals surface area contributed by atoms with Crippen molar-refractivity contribution in [1.29, 1.82) is 0 Å². The quantitative estimate of drug-likeness (QED) is 0.429. The average molecular weight is 494 g/mol. The summed E-state index contributed by atoms with van der Waals surface area (Å²) in [6.07, 6.45) is -0.119. The van der Waals surface area contributed by atoms with Crippen molar-refractivity contribution < 1.29 is 27.8 Å². The van der Waals surface area contributed by atoms with Crippen LogP contribution in [0.15, 0.2) is 41.3 Å². The number of aliphatic hydroxyl groups is 2. The predicted octanol–water partition coefficient (Wildman–Crippen LogP) is 3.93. The van der Waals surface area contributed by atoms with Gasteiger partial charge in [-0.1, -0.05) is 17.7 Å². The molecule has 2 N–H and O–H groups in total. The van der Waals surface area contributed by atoms with Crippen molar-refractivity contribution in [2.45, 2.75) is 35.9 Å². The fourth-order valence-electron chi connectivity index (χ4n) is 3.69. The lowest BCUT2D eigenvalue weighted by atomic mass is 9.93. The van der Waals surface area contributed by atoms with Gasteiger partial charge >= 0.3 is 0 Å². The molecule has 1 saturated heterocycles. The summed E-state index contributed by atoms with van der Waals surface area (Å²) in [6.45, 7) is 13.6. The minimum Gasteiger partial charge on any atom is -0.486 e. The molecule has 33 heavy (non-hydrogen) atoms. The lowest BCUT2D eigenvalue weighted by Gasteiger charge is -2.29. The summed E-state index contributed by atoms with van der Waals surface area (Å²) in [5.41, 5.74) is -1.96. The van der Waals surface area contributed by atoms with Crippen molar-refractivity contribution in [3.05, 3.63) is 70.1 Å². The van der Waals surface area contributed by atoms with Gasteiger partial charge in [0.25, 0.3) is 0 Å². The van der Waals surface area contributed by atoms with Gasteiger partial charge in [-0.15, -0.1) is 0 Å². The van der Waals surface area contributed by atoms with Gasteiger partial charge in [-0.3, -0.25) is 0 Å². The van der Waals surface area contributed by atoms with Crippen molar-refractivity contribution in [2.24, 2.45) is 0 Å². The van der Waals surface area contributed by atoms with E-state index in [1.165, 1.54) is 30.3 Å². The monoisotopic (exact) mass is 493 g/mol. The highest BCUT2D eigenvalue weighted by Crippen LogP contribution is 2.37. The Hall–Kier alpha value is -2.73. The second-order valence-corrected chi connectivity index (χ2v) is 9.98. The molecule has 174 valence electrons. The first-order valence-electron chi connectivity index (χ1n) is 9.98. The van der Waals surface area contributed by atoms with E-state index in [2.05, 4.69) is 9.69 Å². The Kier molecular flexibility index (Phi) is 7.58. The average Bonchev–Trinajstić information content (AvgIpc) is 3.10. The number of nitrogens with zero attached hydrogens (tertiary/aromatic N) is 3. The van der Waals surface area contributed by atoms with E-state index in [-0.39, 0.29) is 53.2 Å². The fourth-order valence-corrected chi connectivity index (χ4v) is 5.47. The third kappa shape index (κ3) is 5.27. The number of unbranched alkanes of at least 4 members (excludes halogenated alkanes) is 1. The zero-order valence-corrected chi connectivity index (χ0v) is 19.0. The normalized spacial score (nSPS) is 20.8. The first-order valence-corrected chi connectivity index (χ1v) is 11.8. The smallest absolute Gasteiger partial charge is 0.233 e. The highest BCUT2D eigenvalue weighted by molar-refractivity contribution is 7.89. The second kappa shape index (κ2) is 10.0. The lowest BCUT2D eigenvalue weighted by Crippen LogP contribution is -2.45. The Morgan fingerprint density at radius 2 is 1.91 bits per heavy atom. The standard InChI is InChI=1S/C22H21ClFN3O5S/c1-25-18-7-6-16(12-17(18)24)32-21-13-27(14-22(21,29)9-3-4-10-28)33(30,31)20-8-5-15(23)11-19(20)26-2/h5-8,11-12,21,28-29H,3-4,9-10,13-14H2/t21-,22+/m0/s1. The molecule has 2 atom stereocenters. The van der Waals surface area contributed by atoms with E-state index < -0.39 is 27.5 Å². The Labute approximate surface area is 196 Å². The third-order valence-corrected chi connectivity index (χ3v) is 7.51. The summed E-state index contributed by atoms with van der Waals surface area (Å²) < 4.78 is 47.5. The fraction of sp³-hybridized carbons (Fsp3) is 0.364. The summed E-state index contributed by atoms with van der Waals surface area (Å²) in [5, 5.41) is 20.6. The largest absolute Gasteiger partial charge is 0.486 e. The number of benzene rings is 2. The van der Waals surface area contributed by atoms with Crippen LogP contribution in [0.3, 0.4) is 0 Å². The molecule has 0 aliphatic carbocycles. The first-order chi connectivity index (χ1) is 15.6. The molecular weight excluding hydrogens is 473 g/mol. The van der Waals surface area contributed by atoms with E-state index in [9.17, 15) is 17.9 Å². The van der Waals surface area contributed by atoms with E-state index >= 15 is 0 Å². The topological polar surface area (TPSA) is 95.8 Å². The molecule has 0 amide bonds. The summed E-state index contributed by atoms with van der Waals surface area (Å²) >= 11 is 5.89. The van der Waals surface area contributed by atoms with Crippen molar-refractivity contribution in [3.8, 4) is 5.75 Å². The summed E-state index contributed by atoms with van der Waals surface area (Å²) in [6, 6.07) is 7.47. The van der Waals surface area contributed by atoms with Crippen LogP contribution in [0.2, 0.25) is 5.02 Å². The Bertz CT molecular complexity index is 1230. The molecule has 8 nitrogen and oxygen atoms in total. The molecule has 0 saturated carbocycles. The molecule has 0 unspecified atom stereocenters. The molecule has 11 heteroatoms. The molecule has 1 aliphatic rings.